The number of rotatable bonds is 3. The van der Waals surface area contributed by atoms with Crippen LogP contribution in [0.25, 0.3) is 0 Å². The van der Waals surface area contributed by atoms with Crippen molar-refractivity contribution in [3.63, 3.8) is 0 Å². The Balaban J connectivity index is 2.09. The van der Waals surface area contributed by atoms with Crippen LogP contribution in [0.15, 0.2) is 23.6 Å². The van der Waals surface area contributed by atoms with Gasteiger partial charge in [0.15, 0.2) is 5.13 Å². The molecule has 1 heterocycles. The number of benzene rings is 1. The summed E-state index contributed by atoms with van der Waals surface area (Å²) in [5, 5.41) is 16.6. The molecule has 0 saturated heterocycles. The van der Waals surface area contributed by atoms with Crippen LogP contribution < -0.4 is 10.6 Å². The van der Waals surface area contributed by atoms with Crippen molar-refractivity contribution in [3.05, 3.63) is 34.8 Å². The molecule has 0 radical (unpaired) electrons. The number of phenols is 1. The van der Waals surface area contributed by atoms with Crippen molar-refractivity contribution < 1.29 is 14.7 Å². The fourth-order valence-corrected chi connectivity index (χ4v) is 2.21. The number of nitrogens with one attached hydrogen (secondary N) is 2. The molecule has 0 aliphatic carbocycles. The number of anilines is 2. The molecule has 7 heteroatoms. The summed E-state index contributed by atoms with van der Waals surface area (Å²) in [6.45, 7) is 3.14. The monoisotopic (exact) mass is 291 g/mol. The van der Waals surface area contributed by atoms with Crippen molar-refractivity contribution in [3.8, 4) is 5.75 Å². The Kier molecular flexibility index (Phi) is 3.99. The summed E-state index contributed by atoms with van der Waals surface area (Å²) in [7, 11) is 0. The second-order valence-corrected chi connectivity index (χ2v) is 5.03. The summed E-state index contributed by atoms with van der Waals surface area (Å²) in [5.74, 6) is -0.532. The third kappa shape index (κ3) is 3.33. The van der Waals surface area contributed by atoms with Crippen LogP contribution in [-0.4, -0.2) is 21.9 Å². The Hall–Kier alpha value is -2.41. The highest BCUT2D eigenvalue weighted by molar-refractivity contribution is 7.14. The highest BCUT2D eigenvalue weighted by Crippen LogP contribution is 2.22. The zero-order valence-electron chi connectivity index (χ0n) is 10.9. The third-order valence-electron chi connectivity index (χ3n) is 2.49. The second kappa shape index (κ2) is 5.70. The van der Waals surface area contributed by atoms with Crippen molar-refractivity contribution >= 4 is 34.0 Å². The molecule has 104 valence electrons. The van der Waals surface area contributed by atoms with Gasteiger partial charge in [-0.2, -0.15) is 0 Å². The Morgan fingerprint density at radius 2 is 2.05 bits per heavy atom. The van der Waals surface area contributed by atoms with E-state index in [-0.39, 0.29) is 17.4 Å². The number of aromatic hydroxyl groups is 1. The highest BCUT2D eigenvalue weighted by Gasteiger charge is 2.12. The lowest BCUT2D eigenvalue weighted by Gasteiger charge is -2.05. The van der Waals surface area contributed by atoms with E-state index in [1.165, 1.54) is 24.3 Å². The second-order valence-electron chi connectivity index (χ2n) is 4.17. The van der Waals surface area contributed by atoms with E-state index in [9.17, 15) is 14.7 Å². The lowest BCUT2D eigenvalue weighted by molar-refractivity contribution is -0.114. The molecule has 0 spiro atoms. The van der Waals surface area contributed by atoms with Gasteiger partial charge >= 0.3 is 0 Å². The van der Waals surface area contributed by atoms with Gasteiger partial charge in [-0.15, -0.1) is 11.3 Å². The standard InChI is InChI=1S/C13H13N3O3S/c1-7-3-4-9(5-11(7)18)15-12(19)10-6-20-13(16-10)14-8(2)17/h3-6,18H,1-2H3,(H,15,19)(H,14,16,17). The maximum atomic E-state index is 11.9. The van der Waals surface area contributed by atoms with E-state index < -0.39 is 5.91 Å². The maximum absolute atomic E-state index is 11.9. The van der Waals surface area contributed by atoms with Crippen LogP contribution in [0.5, 0.6) is 5.75 Å². The number of carbonyl (C=O) groups excluding carboxylic acids is 2. The number of amides is 2. The number of carbonyl (C=O) groups is 2. The quantitative estimate of drug-likeness (QED) is 0.809. The molecule has 1 aromatic heterocycles. The van der Waals surface area contributed by atoms with Gasteiger partial charge in [-0.05, 0) is 18.6 Å². The summed E-state index contributed by atoms with van der Waals surface area (Å²) in [4.78, 5) is 26.8. The zero-order chi connectivity index (χ0) is 14.7. The van der Waals surface area contributed by atoms with Gasteiger partial charge in [0.05, 0.1) is 0 Å². The summed E-state index contributed by atoms with van der Waals surface area (Å²) in [6.07, 6.45) is 0. The summed E-state index contributed by atoms with van der Waals surface area (Å²) in [6, 6.07) is 4.86. The number of aryl methyl sites for hydroxylation is 1. The van der Waals surface area contributed by atoms with Crippen LogP contribution in [0.4, 0.5) is 10.8 Å². The van der Waals surface area contributed by atoms with Crippen molar-refractivity contribution in [2.24, 2.45) is 0 Å². The molecule has 6 nitrogen and oxygen atoms in total. The first-order chi connectivity index (χ1) is 9.45. The van der Waals surface area contributed by atoms with Gasteiger partial charge in [-0.3, -0.25) is 9.59 Å². The molecule has 0 unspecified atom stereocenters. The molecule has 0 fully saturated rings. The molecule has 0 atom stereocenters. The predicted octanol–water partition coefficient (Wildman–Crippen LogP) is 2.37. The van der Waals surface area contributed by atoms with Crippen molar-refractivity contribution in [1.29, 1.82) is 0 Å². The van der Waals surface area contributed by atoms with Gasteiger partial charge in [-0.1, -0.05) is 6.07 Å². The molecule has 2 rings (SSSR count). The maximum Gasteiger partial charge on any atom is 0.275 e. The summed E-state index contributed by atoms with van der Waals surface area (Å²) < 4.78 is 0. The van der Waals surface area contributed by atoms with Crippen molar-refractivity contribution in [2.75, 3.05) is 10.6 Å². The molecule has 2 aromatic rings. The summed E-state index contributed by atoms with van der Waals surface area (Å²) >= 11 is 1.17. The Labute approximate surface area is 119 Å². The lowest BCUT2D eigenvalue weighted by atomic mass is 10.2. The minimum atomic E-state index is -0.402. The normalized spacial score (nSPS) is 10.1. The molecule has 20 heavy (non-hydrogen) atoms. The van der Waals surface area contributed by atoms with Gasteiger partial charge < -0.3 is 15.7 Å². The molecule has 1 aromatic carbocycles. The fraction of sp³-hybridized carbons (Fsp3) is 0.154. The van der Waals surface area contributed by atoms with E-state index in [0.717, 1.165) is 5.56 Å². The van der Waals surface area contributed by atoms with E-state index in [1.54, 1.807) is 24.4 Å². The fourth-order valence-electron chi connectivity index (χ4n) is 1.47. The van der Waals surface area contributed by atoms with Crippen LogP contribution in [0, 0.1) is 6.92 Å². The smallest absolute Gasteiger partial charge is 0.275 e. The van der Waals surface area contributed by atoms with Crippen LogP contribution in [0.3, 0.4) is 0 Å². The largest absolute Gasteiger partial charge is 0.508 e. The van der Waals surface area contributed by atoms with Gasteiger partial charge in [0.2, 0.25) is 5.91 Å². The molecular weight excluding hydrogens is 278 g/mol. The van der Waals surface area contributed by atoms with E-state index in [4.69, 9.17) is 0 Å². The molecule has 0 saturated carbocycles. The van der Waals surface area contributed by atoms with E-state index in [1.807, 2.05) is 0 Å². The number of hydrogen-bond acceptors (Lipinski definition) is 5. The lowest BCUT2D eigenvalue weighted by Crippen LogP contribution is -2.13. The number of thiazole rings is 1. The first kappa shape index (κ1) is 14.0. The molecular formula is C13H13N3O3S. The number of nitrogens with zero attached hydrogens (tertiary/aromatic N) is 1. The number of aromatic nitrogens is 1. The minimum Gasteiger partial charge on any atom is -0.508 e. The average Bonchev–Trinajstić information content (AvgIpc) is 2.81. The summed E-state index contributed by atoms with van der Waals surface area (Å²) in [5.41, 5.74) is 1.41. The third-order valence-corrected chi connectivity index (χ3v) is 3.24. The topological polar surface area (TPSA) is 91.3 Å². The first-order valence-electron chi connectivity index (χ1n) is 5.80. The Morgan fingerprint density at radius 3 is 2.70 bits per heavy atom. The molecule has 0 aliphatic heterocycles. The SMILES string of the molecule is CC(=O)Nc1nc(C(=O)Nc2ccc(C)c(O)c2)cs1. The van der Waals surface area contributed by atoms with Crippen molar-refractivity contribution in [1.82, 2.24) is 4.98 Å². The van der Waals surface area contributed by atoms with Crippen LogP contribution in [0.2, 0.25) is 0 Å². The predicted molar refractivity (Wildman–Crippen MR) is 77.2 cm³/mol. The molecule has 0 bridgehead atoms. The first-order valence-corrected chi connectivity index (χ1v) is 6.68. The Bertz CT molecular complexity index is 667. The minimum absolute atomic E-state index is 0.111. The zero-order valence-corrected chi connectivity index (χ0v) is 11.7. The molecule has 0 aliphatic rings. The molecule has 3 N–H and O–H groups in total. The van der Waals surface area contributed by atoms with E-state index in [2.05, 4.69) is 15.6 Å². The van der Waals surface area contributed by atoms with Gasteiger partial charge in [0.25, 0.3) is 5.91 Å². The average molecular weight is 291 g/mol. The van der Waals surface area contributed by atoms with E-state index >= 15 is 0 Å². The van der Waals surface area contributed by atoms with Gasteiger partial charge in [0.1, 0.15) is 11.4 Å². The van der Waals surface area contributed by atoms with Crippen LogP contribution in [-0.2, 0) is 4.79 Å². The Morgan fingerprint density at radius 1 is 1.30 bits per heavy atom. The van der Waals surface area contributed by atoms with Crippen LogP contribution >= 0.6 is 11.3 Å². The van der Waals surface area contributed by atoms with Crippen molar-refractivity contribution in [2.45, 2.75) is 13.8 Å². The van der Waals surface area contributed by atoms with E-state index in [0.29, 0.717) is 10.8 Å². The van der Waals surface area contributed by atoms with Gasteiger partial charge in [0, 0.05) is 24.1 Å². The van der Waals surface area contributed by atoms with Crippen LogP contribution in [0.1, 0.15) is 23.0 Å². The molecule has 2 amide bonds. The number of hydrogen-bond donors (Lipinski definition) is 3. The highest BCUT2D eigenvalue weighted by atomic mass is 32.1. The van der Waals surface area contributed by atoms with Gasteiger partial charge in [-0.25, -0.2) is 4.98 Å². The number of phenolic OH excluding ortho intramolecular Hbond substituents is 1.